The minimum absolute atomic E-state index is 0.488. The molecule has 1 N–H and O–H groups in total. The van der Waals surface area contributed by atoms with Crippen LogP contribution in [0, 0.1) is 0 Å². The standard InChI is InChI=1S/C13H18N4S/c1-2-17-9-15-16-13(17)8-14-11-4-3-5-12-10(11)6-7-18-12/h6-7,9,11,14H,2-5,8H2,1H3. The SMILES string of the molecule is CCn1cnnc1CNC1CCCc2sccc21. The van der Waals surface area contributed by atoms with Crippen LogP contribution in [-0.2, 0) is 19.5 Å². The van der Waals surface area contributed by atoms with Gasteiger partial charge in [-0.3, -0.25) is 0 Å². The summed E-state index contributed by atoms with van der Waals surface area (Å²) in [5.41, 5.74) is 1.49. The smallest absolute Gasteiger partial charge is 0.146 e. The molecule has 0 radical (unpaired) electrons. The molecule has 96 valence electrons. The molecule has 2 heterocycles. The molecule has 3 rings (SSSR count). The van der Waals surface area contributed by atoms with Gasteiger partial charge in [-0.05, 0) is 43.2 Å². The Bertz CT molecular complexity index is 517. The molecule has 1 unspecified atom stereocenters. The maximum absolute atomic E-state index is 4.17. The van der Waals surface area contributed by atoms with Gasteiger partial charge in [0.25, 0.3) is 0 Å². The molecule has 0 amide bonds. The van der Waals surface area contributed by atoms with Crippen molar-refractivity contribution >= 4 is 11.3 Å². The normalized spacial score (nSPS) is 18.8. The van der Waals surface area contributed by atoms with Crippen LogP contribution in [0.1, 0.15) is 42.1 Å². The van der Waals surface area contributed by atoms with Crippen molar-refractivity contribution in [3.05, 3.63) is 34.0 Å². The van der Waals surface area contributed by atoms with Crippen molar-refractivity contribution in [1.29, 1.82) is 0 Å². The van der Waals surface area contributed by atoms with E-state index in [2.05, 4.69) is 38.5 Å². The van der Waals surface area contributed by atoms with Gasteiger partial charge >= 0.3 is 0 Å². The first-order chi connectivity index (χ1) is 8.88. The molecular weight excluding hydrogens is 244 g/mol. The fraction of sp³-hybridized carbons (Fsp3) is 0.538. The maximum Gasteiger partial charge on any atom is 0.146 e. The van der Waals surface area contributed by atoms with Crippen LogP contribution in [0.25, 0.3) is 0 Å². The molecule has 0 saturated carbocycles. The van der Waals surface area contributed by atoms with Crippen LogP contribution < -0.4 is 5.32 Å². The lowest BCUT2D eigenvalue weighted by atomic mass is 9.94. The van der Waals surface area contributed by atoms with E-state index in [1.54, 1.807) is 11.2 Å². The van der Waals surface area contributed by atoms with E-state index in [0.717, 1.165) is 18.9 Å². The molecule has 0 spiro atoms. The van der Waals surface area contributed by atoms with Crippen molar-refractivity contribution < 1.29 is 0 Å². The first kappa shape index (κ1) is 11.9. The van der Waals surface area contributed by atoms with E-state index < -0.39 is 0 Å². The summed E-state index contributed by atoms with van der Waals surface area (Å²) in [5.74, 6) is 1.03. The van der Waals surface area contributed by atoms with Crippen molar-refractivity contribution in [2.75, 3.05) is 0 Å². The molecule has 0 aromatic carbocycles. The second kappa shape index (κ2) is 5.20. The Morgan fingerprint density at radius 3 is 3.39 bits per heavy atom. The summed E-state index contributed by atoms with van der Waals surface area (Å²) in [5, 5.41) is 14.0. The molecule has 2 aromatic heterocycles. The van der Waals surface area contributed by atoms with Gasteiger partial charge in [-0.15, -0.1) is 21.5 Å². The lowest BCUT2D eigenvalue weighted by Crippen LogP contribution is -2.25. The van der Waals surface area contributed by atoms with E-state index in [1.807, 2.05) is 11.3 Å². The molecule has 1 aliphatic rings. The van der Waals surface area contributed by atoms with Crippen LogP contribution in [0.5, 0.6) is 0 Å². The Labute approximate surface area is 111 Å². The largest absolute Gasteiger partial charge is 0.317 e. The zero-order valence-corrected chi connectivity index (χ0v) is 11.4. The third-order valence-corrected chi connectivity index (χ3v) is 4.59. The molecule has 4 nitrogen and oxygen atoms in total. The zero-order chi connectivity index (χ0) is 12.4. The highest BCUT2D eigenvalue weighted by Gasteiger charge is 2.21. The van der Waals surface area contributed by atoms with Gasteiger partial charge < -0.3 is 9.88 Å². The average molecular weight is 262 g/mol. The number of rotatable bonds is 4. The minimum atomic E-state index is 0.488. The van der Waals surface area contributed by atoms with Gasteiger partial charge in [-0.1, -0.05) is 0 Å². The van der Waals surface area contributed by atoms with Crippen LogP contribution >= 0.6 is 11.3 Å². The Hall–Kier alpha value is -1.20. The molecule has 0 bridgehead atoms. The molecule has 5 heteroatoms. The molecule has 0 aliphatic heterocycles. The summed E-state index contributed by atoms with van der Waals surface area (Å²) in [4.78, 5) is 1.55. The summed E-state index contributed by atoms with van der Waals surface area (Å²) in [6.45, 7) is 3.84. The molecule has 1 atom stereocenters. The topological polar surface area (TPSA) is 42.7 Å². The van der Waals surface area contributed by atoms with E-state index in [0.29, 0.717) is 6.04 Å². The average Bonchev–Trinajstić information content (AvgIpc) is 3.04. The van der Waals surface area contributed by atoms with Crippen molar-refractivity contribution in [3.8, 4) is 0 Å². The second-order valence-electron chi connectivity index (χ2n) is 4.66. The Morgan fingerprint density at radius 2 is 2.50 bits per heavy atom. The first-order valence-corrected chi connectivity index (χ1v) is 7.42. The number of nitrogens with zero attached hydrogens (tertiary/aromatic N) is 3. The predicted molar refractivity (Wildman–Crippen MR) is 72.5 cm³/mol. The van der Waals surface area contributed by atoms with Gasteiger partial charge in [-0.2, -0.15) is 0 Å². The van der Waals surface area contributed by atoms with E-state index in [1.165, 1.54) is 24.8 Å². The van der Waals surface area contributed by atoms with Crippen LogP contribution in [0.3, 0.4) is 0 Å². The van der Waals surface area contributed by atoms with Gasteiger partial charge in [0, 0.05) is 17.5 Å². The fourth-order valence-corrected chi connectivity index (χ4v) is 3.58. The van der Waals surface area contributed by atoms with Crippen LogP contribution in [0.4, 0.5) is 0 Å². The summed E-state index contributed by atoms with van der Waals surface area (Å²) in [6, 6.07) is 2.75. The van der Waals surface area contributed by atoms with Gasteiger partial charge in [0.1, 0.15) is 12.2 Å². The van der Waals surface area contributed by atoms with Crippen LogP contribution in [-0.4, -0.2) is 14.8 Å². The van der Waals surface area contributed by atoms with Crippen molar-refractivity contribution in [3.63, 3.8) is 0 Å². The monoisotopic (exact) mass is 262 g/mol. The Balaban J connectivity index is 1.68. The number of fused-ring (bicyclic) bond motifs is 1. The molecule has 0 saturated heterocycles. The predicted octanol–water partition coefficient (Wildman–Crippen LogP) is 2.53. The molecular formula is C13H18N4S. The van der Waals surface area contributed by atoms with Crippen molar-refractivity contribution in [2.24, 2.45) is 0 Å². The van der Waals surface area contributed by atoms with Gasteiger partial charge in [0.15, 0.2) is 0 Å². The number of aryl methyl sites for hydroxylation is 2. The molecule has 18 heavy (non-hydrogen) atoms. The maximum atomic E-state index is 4.17. The first-order valence-electron chi connectivity index (χ1n) is 6.55. The third kappa shape index (κ3) is 2.20. The third-order valence-electron chi connectivity index (χ3n) is 3.59. The van der Waals surface area contributed by atoms with Crippen LogP contribution in [0.2, 0.25) is 0 Å². The second-order valence-corrected chi connectivity index (χ2v) is 5.66. The summed E-state index contributed by atoms with van der Waals surface area (Å²) in [6.07, 6.45) is 5.56. The van der Waals surface area contributed by atoms with Crippen molar-refractivity contribution in [1.82, 2.24) is 20.1 Å². The van der Waals surface area contributed by atoms with E-state index in [-0.39, 0.29) is 0 Å². The van der Waals surface area contributed by atoms with E-state index >= 15 is 0 Å². The highest BCUT2D eigenvalue weighted by atomic mass is 32.1. The van der Waals surface area contributed by atoms with E-state index in [4.69, 9.17) is 0 Å². The molecule has 0 fully saturated rings. The van der Waals surface area contributed by atoms with Gasteiger partial charge in [0.05, 0.1) is 6.54 Å². The molecule has 1 aliphatic carbocycles. The number of thiophene rings is 1. The van der Waals surface area contributed by atoms with Gasteiger partial charge in [0.2, 0.25) is 0 Å². The minimum Gasteiger partial charge on any atom is -0.317 e. The Morgan fingerprint density at radius 1 is 1.56 bits per heavy atom. The summed E-state index contributed by atoms with van der Waals surface area (Å²) >= 11 is 1.89. The number of hydrogen-bond donors (Lipinski definition) is 1. The molecule has 2 aromatic rings. The highest BCUT2D eigenvalue weighted by Crippen LogP contribution is 2.33. The zero-order valence-electron chi connectivity index (χ0n) is 10.6. The lowest BCUT2D eigenvalue weighted by Gasteiger charge is -2.23. The van der Waals surface area contributed by atoms with E-state index in [9.17, 15) is 0 Å². The number of nitrogens with one attached hydrogen (secondary N) is 1. The fourth-order valence-electron chi connectivity index (χ4n) is 2.59. The van der Waals surface area contributed by atoms with Crippen molar-refractivity contribution in [2.45, 2.75) is 45.3 Å². The number of hydrogen-bond acceptors (Lipinski definition) is 4. The van der Waals surface area contributed by atoms with Crippen LogP contribution in [0.15, 0.2) is 17.8 Å². The highest BCUT2D eigenvalue weighted by molar-refractivity contribution is 7.10. The quantitative estimate of drug-likeness (QED) is 0.920. The lowest BCUT2D eigenvalue weighted by molar-refractivity contribution is 0.450. The Kier molecular flexibility index (Phi) is 3.43. The summed E-state index contributed by atoms with van der Waals surface area (Å²) in [7, 11) is 0. The number of aromatic nitrogens is 3. The summed E-state index contributed by atoms with van der Waals surface area (Å²) < 4.78 is 2.09. The van der Waals surface area contributed by atoms with Gasteiger partial charge in [-0.25, -0.2) is 0 Å².